The van der Waals surface area contributed by atoms with Crippen molar-refractivity contribution in [2.75, 3.05) is 29.4 Å². The van der Waals surface area contributed by atoms with Crippen LogP contribution < -0.4 is 15.1 Å². The molecule has 0 saturated carbocycles. The lowest BCUT2D eigenvalue weighted by Gasteiger charge is -2.37. The van der Waals surface area contributed by atoms with Crippen LogP contribution in [0.25, 0.3) is 0 Å². The first-order valence-electron chi connectivity index (χ1n) is 11.6. The Morgan fingerprint density at radius 1 is 1.09 bits per heavy atom. The van der Waals surface area contributed by atoms with Crippen LogP contribution in [-0.2, 0) is 20.9 Å². The van der Waals surface area contributed by atoms with Crippen molar-refractivity contribution in [3.05, 3.63) is 58.9 Å². The molecule has 4 rings (SSSR count). The second-order valence-electron chi connectivity index (χ2n) is 9.29. The molecule has 2 aliphatic heterocycles. The molecule has 1 N–H and O–H groups in total. The number of rotatable bonds is 5. The normalized spacial score (nSPS) is 23.2. The number of nitrogens with one attached hydrogen (secondary N) is 1. The van der Waals surface area contributed by atoms with Crippen LogP contribution in [0.1, 0.15) is 37.0 Å². The van der Waals surface area contributed by atoms with Crippen molar-refractivity contribution in [2.45, 2.75) is 52.9 Å². The number of aryl methyl sites for hydroxylation is 1. The Labute approximate surface area is 194 Å². The molecular formula is C26H32FN3O3. The quantitative estimate of drug-likeness (QED) is 0.750. The highest BCUT2D eigenvalue weighted by atomic mass is 19.1. The number of hydrogen-bond donors (Lipinski definition) is 1. The highest BCUT2D eigenvalue weighted by Gasteiger charge is 2.35. The SMILES string of the molecule is Cc1cccc(N2CC(C(=O)NCc3ccc(N4CC(C)OC(C)C4)c(F)c3)CC2=O)c1C. The summed E-state index contributed by atoms with van der Waals surface area (Å²) in [7, 11) is 0. The van der Waals surface area contributed by atoms with Crippen LogP contribution in [0.15, 0.2) is 36.4 Å². The molecule has 0 aromatic heterocycles. The van der Waals surface area contributed by atoms with E-state index < -0.39 is 5.92 Å². The Kier molecular flexibility index (Phi) is 6.70. The van der Waals surface area contributed by atoms with Crippen LogP contribution in [0.4, 0.5) is 15.8 Å². The predicted molar refractivity (Wildman–Crippen MR) is 127 cm³/mol. The van der Waals surface area contributed by atoms with Gasteiger partial charge in [-0.2, -0.15) is 0 Å². The summed E-state index contributed by atoms with van der Waals surface area (Å²) in [4.78, 5) is 29.0. The van der Waals surface area contributed by atoms with Crippen molar-refractivity contribution < 1.29 is 18.7 Å². The zero-order valence-corrected chi connectivity index (χ0v) is 19.7. The maximum Gasteiger partial charge on any atom is 0.227 e. The van der Waals surface area contributed by atoms with Gasteiger partial charge in [-0.1, -0.05) is 18.2 Å². The van der Waals surface area contributed by atoms with Crippen molar-refractivity contribution in [1.82, 2.24) is 5.32 Å². The molecule has 2 saturated heterocycles. The van der Waals surface area contributed by atoms with Crippen molar-refractivity contribution in [2.24, 2.45) is 5.92 Å². The summed E-state index contributed by atoms with van der Waals surface area (Å²) in [5.41, 5.74) is 4.26. The minimum Gasteiger partial charge on any atom is -0.372 e. The second kappa shape index (κ2) is 9.51. The van der Waals surface area contributed by atoms with Gasteiger partial charge in [0.2, 0.25) is 11.8 Å². The Balaban J connectivity index is 1.36. The number of amides is 2. The fourth-order valence-electron chi connectivity index (χ4n) is 4.77. The third-order valence-electron chi connectivity index (χ3n) is 6.60. The fraction of sp³-hybridized carbons (Fsp3) is 0.462. The Hall–Kier alpha value is -2.93. The molecule has 0 spiro atoms. The smallest absolute Gasteiger partial charge is 0.227 e. The molecule has 2 aromatic rings. The van der Waals surface area contributed by atoms with Gasteiger partial charge < -0.3 is 19.9 Å². The number of morpholine rings is 1. The Morgan fingerprint density at radius 3 is 2.52 bits per heavy atom. The van der Waals surface area contributed by atoms with Crippen LogP contribution in [0.3, 0.4) is 0 Å². The van der Waals surface area contributed by atoms with Crippen LogP contribution >= 0.6 is 0 Å². The standard InChI is InChI=1S/C26H32FN3O3/c1-16-6-5-7-23(19(16)4)30-15-21(11-25(30)31)26(32)28-12-20-8-9-24(22(27)10-20)29-13-17(2)33-18(3)14-29/h5-10,17-18,21H,11-15H2,1-4H3,(H,28,32). The molecule has 2 aromatic carbocycles. The highest BCUT2D eigenvalue weighted by molar-refractivity contribution is 6.00. The van der Waals surface area contributed by atoms with E-state index in [0.29, 0.717) is 30.9 Å². The molecule has 0 bridgehead atoms. The van der Waals surface area contributed by atoms with E-state index in [1.165, 1.54) is 6.07 Å². The van der Waals surface area contributed by atoms with Gasteiger partial charge in [-0.15, -0.1) is 0 Å². The molecule has 7 heteroatoms. The van der Waals surface area contributed by atoms with E-state index in [1.807, 2.05) is 56.9 Å². The fourth-order valence-corrected chi connectivity index (χ4v) is 4.77. The summed E-state index contributed by atoms with van der Waals surface area (Å²) in [5.74, 6) is -0.956. The molecule has 0 radical (unpaired) electrons. The number of ether oxygens (including phenoxy) is 1. The van der Waals surface area contributed by atoms with Crippen molar-refractivity contribution in [1.29, 1.82) is 0 Å². The van der Waals surface area contributed by atoms with Gasteiger partial charge >= 0.3 is 0 Å². The van der Waals surface area contributed by atoms with Gasteiger partial charge in [0.15, 0.2) is 0 Å². The average molecular weight is 454 g/mol. The van der Waals surface area contributed by atoms with Gasteiger partial charge in [0, 0.05) is 38.3 Å². The molecule has 2 amide bonds. The zero-order chi connectivity index (χ0) is 23.7. The first kappa shape index (κ1) is 23.2. The lowest BCUT2D eigenvalue weighted by atomic mass is 10.1. The molecule has 3 atom stereocenters. The maximum absolute atomic E-state index is 14.8. The van der Waals surface area contributed by atoms with Gasteiger partial charge in [-0.25, -0.2) is 4.39 Å². The zero-order valence-electron chi connectivity index (χ0n) is 19.7. The van der Waals surface area contributed by atoms with E-state index in [9.17, 15) is 14.0 Å². The van der Waals surface area contributed by atoms with Crippen molar-refractivity contribution >= 4 is 23.2 Å². The molecule has 2 aliphatic rings. The summed E-state index contributed by atoms with van der Waals surface area (Å²) in [6.45, 7) is 9.83. The lowest BCUT2D eigenvalue weighted by molar-refractivity contribution is -0.126. The van der Waals surface area contributed by atoms with Crippen molar-refractivity contribution in [3.63, 3.8) is 0 Å². The van der Waals surface area contributed by atoms with Crippen LogP contribution in [0, 0.1) is 25.6 Å². The molecule has 6 nitrogen and oxygen atoms in total. The number of benzene rings is 2. The van der Waals surface area contributed by atoms with E-state index in [0.717, 1.165) is 16.8 Å². The van der Waals surface area contributed by atoms with Gasteiger partial charge in [0.25, 0.3) is 0 Å². The number of halogens is 1. The predicted octanol–water partition coefficient (Wildman–Crippen LogP) is 3.73. The molecule has 0 aliphatic carbocycles. The minimum atomic E-state index is -0.419. The number of carbonyl (C=O) groups excluding carboxylic acids is 2. The molecule has 176 valence electrons. The van der Waals surface area contributed by atoms with Gasteiger partial charge in [-0.3, -0.25) is 9.59 Å². The monoisotopic (exact) mass is 453 g/mol. The van der Waals surface area contributed by atoms with Gasteiger partial charge in [0.05, 0.1) is 23.8 Å². The Morgan fingerprint density at radius 2 is 1.82 bits per heavy atom. The third kappa shape index (κ3) is 5.03. The molecule has 33 heavy (non-hydrogen) atoms. The summed E-state index contributed by atoms with van der Waals surface area (Å²) >= 11 is 0. The third-order valence-corrected chi connectivity index (χ3v) is 6.60. The van der Waals surface area contributed by atoms with Crippen LogP contribution in [0.2, 0.25) is 0 Å². The molecule has 2 fully saturated rings. The van der Waals surface area contributed by atoms with Gasteiger partial charge in [0.1, 0.15) is 5.82 Å². The topological polar surface area (TPSA) is 61.9 Å². The highest BCUT2D eigenvalue weighted by Crippen LogP contribution is 2.30. The van der Waals surface area contributed by atoms with Gasteiger partial charge in [-0.05, 0) is 62.6 Å². The van der Waals surface area contributed by atoms with E-state index in [4.69, 9.17) is 4.74 Å². The number of anilines is 2. The van der Waals surface area contributed by atoms with Crippen molar-refractivity contribution in [3.8, 4) is 0 Å². The minimum absolute atomic E-state index is 0.0457. The molecule has 2 heterocycles. The first-order chi connectivity index (χ1) is 15.7. The number of nitrogens with zero attached hydrogens (tertiary/aromatic N) is 2. The molecule has 3 unspecified atom stereocenters. The summed E-state index contributed by atoms with van der Waals surface area (Å²) in [6, 6.07) is 10.9. The molecular weight excluding hydrogens is 421 g/mol. The second-order valence-corrected chi connectivity index (χ2v) is 9.29. The summed E-state index contributed by atoms with van der Waals surface area (Å²) < 4.78 is 20.6. The number of hydrogen-bond acceptors (Lipinski definition) is 4. The summed E-state index contributed by atoms with van der Waals surface area (Å²) in [6.07, 6.45) is 0.272. The van der Waals surface area contributed by atoms with E-state index in [1.54, 1.807) is 11.0 Å². The lowest BCUT2D eigenvalue weighted by Crippen LogP contribution is -2.45. The average Bonchev–Trinajstić information content (AvgIpc) is 3.15. The summed E-state index contributed by atoms with van der Waals surface area (Å²) in [5, 5.41) is 2.88. The van der Waals surface area contributed by atoms with E-state index in [-0.39, 0.29) is 42.8 Å². The number of carbonyl (C=O) groups is 2. The largest absolute Gasteiger partial charge is 0.372 e. The van der Waals surface area contributed by atoms with Crippen LogP contribution in [-0.4, -0.2) is 43.7 Å². The maximum atomic E-state index is 14.8. The van der Waals surface area contributed by atoms with E-state index in [2.05, 4.69) is 5.32 Å². The van der Waals surface area contributed by atoms with Crippen LogP contribution in [0.5, 0.6) is 0 Å². The Bertz CT molecular complexity index is 1050. The first-order valence-corrected chi connectivity index (χ1v) is 11.6. The van der Waals surface area contributed by atoms with E-state index >= 15 is 0 Å².